The molecular weight excluding hydrogens is 581 g/mol. The van der Waals surface area contributed by atoms with Crippen molar-refractivity contribution in [2.24, 2.45) is 0 Å². The number of hydrogen-bond donors (Lipinski definition) is 0. The fourth-order valence-corrected chi connectivity index (χ4v) is 7.78. The van der Waals surface area contributed by atoms with E-state index in [0.29, 0.717) is 0 Å². The molecule has 224 valence electrons. The molecule has 0 bridgehead atoms. The molecule has 1 aromatic heterocycles. The Bertz CT molecular complexity index is 2840. The van der Waals surface area contributed by atoms with Crippen LogP contribution in [0.2, 0.25) is 0 Å². The fourth-order valence-electron chi connectivity index (χ4n) is 7.78. The Morgan fingerprint density at radius 3 is 1.71 bits per heavy atom. The van der Waals surface area contributed by atoms with Gasteiger partial charge in [-0.3, -0.25) is 0 Å². The number of nitrogens with zero attached hydrogens (tertiary/aromatic N) is 2. The zero-order chi connectivity index (χ0) is 31.6. The predicted octanol–water partition coefficient (Wildman–Crippen LogP) is 12.9. The Kier molecular flexibility index (Phi) is 5.91. The number of anilines is 3. The van der Waals surface area contributed by atoms with E-state index in [4.69, 9.17) is 0 Å². The number of fused-ring (bicyclic) bond motifs is 10. The van der Waals surface area contributed by atoms with Gasteiger partial charge in [0.15, 0.2) is 0 Å². The maximum Gasteiger partial charge on any atom is 0.0547 e. The van der Waals surface area contributed by atoms with Crippen molar-refractivity contribution < 1.29 is 0 Å². The van der Waals surface area contributed by atoms with Gasteiger partial charge in [-0.1, -0.05) is 127 Å². The number of aromatic nitrogens is 1. The smallest absolute Gasteiger partial charge is 0.0547 e. The Labute approximate surface area is 278 Å². The topological polar surface area (TPSA) is 8.17 Å². The summed E-state index contributed by atoms with van der Waals surface area (Å²) in [5.41, 5.74) is 6.90. The van der Waals surface area contributed by atoms with E-state index < -0.39 is 0 Å². The van der Waals surface area contributed by atoms with Crippen molar-refractivity contribution in [3.63, 3.8) is 0 Å². The summed E-state index contributed by atoms with van der Waals surface area (Å²) in [6.45, 7) is 0. The molecule has 0 radical (unpaired) electrons. The molecule has 9 aromatic carbocycles. The van der Waals surface area contributed by atoms with Crippen molar-refractivity contribution in [3.05, 3.63) is 182 Å². The minimum absolute atomic E-state index is 1.11. The highest BCUT2D eigenvalue weighted by Gasteiger charge is 2.18. The molecule has 0 amide bonds. The van der Waals surface area contributed by atoms with Crippen molar-refractivity contribution in [2.75, 3.05) is 4.90 Å². The van der Waals surface area contributed by atoms with E-state index in [2.05, 4.69) is 191 Å². The second-order valence-corrected chi connectivity index (χ2v) is 12.6. The molecule has 48 heavy (non-hydrogen) atoms. The number of benzene rings is 9. The predicted molar refractivity (Wildman–Crippen MR) is 205 cm³/mol. The van der Waals surface area contributed by atoms with Crippen LogP contribution in [-0.2, 0) is 0 Å². The van der Waals surface area contributed by atoms with Crippen LogP contribution in [0, 0.1) is 0 Å². The van der Waals surface area contributed by atoms with Crippen LogP contribution < -0.4 is 4.90 Å². The third-order valence-electron chi connectivity index (χ3n) is 9.89. The van der Waals surface area contributed by atoms with Gasteiger partial charge in [0.05, 0.1) is 11.0 Å². The molecule has 0 aliphatic carbocycles. The molecule has 0 saturated carbocycles. The fraction of sp³-hybridized carbons (Fsp3) is 0. The molecule has 0 saturated heterocycles. The summed E-state index contributed by atoms with van der Waals surface area (Å²) in [4.78, 5) is 2.37. The Morgan fingerprint density at radius 1 is 0.312 bits per heavy atom. The first-order valence-electron chi connectivity index (χ1n) is 16.5. The second-order valence-electron chi connectivity index (χ2n) is 12.6. The third-order valence-corrected chi connectivity index (χ3v) is 9.89. The highest BCUT2D eigenvalue weighted by atomic mass is 15.1. The average Bonchev–Trinajstić information content (AvgIpc) is 3.50. The van der Waals surface area contributed by atoms with Crippen LogP contribution in [0.1, 0.15) is 0 Å². The lowest BCUT2D eigenvalue weighted by molar-refractivity contribution is 1.17. The lowest BCUT2D eigenvalue weighted by atomic mass is 9.96. The first kappa shape index (κ1) is 26.8. The number of rotatable bonds is 4. The Hall–Kier alpha value is -6.38. The van der Waals surface area contributed by atoms with Crippen molar-refractivity contribution >= 4 is 82.0 Å². The van der Waals surface area contributed by atoms with E-state index in [9.17, 15) is 0 Å². The standard InChI is InChI=1S/C46H30N2/c1-2-13-35(14-3-1)47(38-26-27-41-34(29-38)24-23-33-22-21-31-11-4-6-17-39(31)45(33)41)36-15-10-16-37(30-36)48-43-20-9-8-19-42(43)46-40-18-7-5-12-32(40)25-28-44(46)48/h1-30H. The van der Waals surface area contributed by atoms with Crippen molar-refractivity contribution in [1.29, 1.82) is 0 Å². The van der Waals surface area contributed by atoms with Gasteiger partial charge in [0.25, 0.3) is 0 Å². The maximum atomic E-state index is 2.42. The minimum Gasteiger partial charge on any atom is -0.310 e. The summed E-state index contributed by atoms with van der Waals surface area (Å²) in [7, 11) is 0. The zero-order valence-electron chi connectivity index (χ0n) is 26.2. The van der Waals surface area contributed by atoms with Crippen LogP contribution in [0.5, 0.6) is 0 Å². The van der Waals surface area contributed by atoms with Gasteiger partial charge in [0.1, 0.15) is 0 Å². The summed E-state index contributed by atoms with van der Waals surface area (Å²) in [6, 6.07) is 66.2. The summed E-state index contributed by atoms with van der Waals surface area (Å²) < 4.78 is 2.42. The zero-order valence-corrected chi connectivity index (χ0v) is 26.2. The highest BCUT2D eigenvalue weighted by Crippen LogP contribution is 2.41. The normalized spacial score (nSPS) is 11.8. The van der Waals surface area contributed by atoms with E-state index in [1.807, 2.05) is 0 Å². The van der Waals surface area contributed by atoms with E-state index in [1.165, 1.54) is 64.9 Å². The molecule has 10 aromatic rings. The van der Waals surface area contributed by atoms with Crippen LogP contribution >= 0.6 is 0 Å². The molecule has 10 rings (SSSR count). The lowest BCUT2D eigenvalue weighted by Crippen LogP contribution is -2.10. The SMILES string of the molecule is c1ccc(N(c2cccc(-n3c4ccccc4c4c5ccccc5ccc43)c2)c2ccc3c(ccc4ccc5ccccc5c43)c2)cc1. The second kappa shape index (κ2) is 10.6. The summed E-state index contributed by atoms with van der Waals surface area (Å²) in [6.07, 6.45) is 0. The highest BCUT2D eigenvalue weighted by molar-refractivity contribution is 6.22. The van der Waals surface area contributed by atoms with E-state index in [-0.39, 0.29) is 0 Å². The molecule has 0 spiro atoms. The van der Waals surface area contributed by atoms with Gasteiger partial charge in [-0.15, -0.1) is 0 Å². The van der Waals surface area contributed by atoms with Gasteiger partial charge < -0.3 is 9.47 Å². The average molecular weight is 611 g/mol. The van der Waals surface area contributed by atoms with Crippen molar-refractivity contribution in [2.45, 2.75) is 0 Å². The van der Waals surface area contributed by atoms with Crippen molar-refractivity contribution in [3.8, 4) is 5.69 Å². The largest absolute Gasteiger partial charge is 0.310 e. The van der Waals surface area contributed by atoms with Crippen LogP contribution in [0.25, 0.3) is 70.6 Å². The third kappa shape index (κ3) is 4.06. The van der Waals surface area contributed by atoms with E-state index >= 15 is 0 Å². The molecule has 2 nitrogen and oxygen atoms in total. The van der Waals surface area contributed by atoms with Gasteiger partial charge in [-0.05, 0) is 97.7 Å². The molecular formula is C46H30N2. The molecule has 0 aliphatic rings. The lowest BCUT2D eigenvalue weighted by Gasteiger charge is -2.26. The quantitative estimate of drug-likeness (QED) is 0.180. The summed E-state index contributed by atoms with van der Waals surface area (Å²) >= 11 is 0. The Balaban J connectivity index is 1.19. The molecule has 0 fully saturated rings. The van der Waals surface area contributed by atoms with E-state index in [0.717, 1.165) is 22.7 Å². The maximum absolute atomic E-state index is 2.42. The minimum atomic E-state index is 1.11. The molecule has 0 atom stereocenters. The van der Waals surface area contributed by atoms with Gasteiger partial charge in [-0.25, -0.2) is 0 Å². The molecule has 0 aliphatic heterocycles. The molecule has 2 heteroatoms. The van der Waals surface area contributed by atoms with Gasteiger partial charge in [-0.2, -0.15) is 0 Å². The first-order chi connectivity index (χ1) is 23.8. The molecule has 0 unspecified atom stereocenters. The van der Waals surface area contributed by atoms with Gasteiger partial charge in [0, 0.05) is 33.5 Å². The Morgan fingerprint density at radius 2 is 0.896 bits per heavy atom. The number of hydrogen-bond acceptors (Lipinski definition) is 1. The number of para-hydroxylation sites is 2. The monoisotopic (exact) mass is 610 g/mol. The van der Waals surface area contributed by atoms with Gasteiger partial charge >= 0.3 is 0 Å². The van der Waals surface area contributed by atoms with E-state index in [1.54, 1.807) is 0 Å². The van der Waals surface area contributed by atoms with Crippen LogP contribution in [0.4, 0.5) is 17.1 Å². The summed E-state index contributed by atoms with van der Waals surface area (Å²) in [5.74, 6) is 0. The van der Waals surface area contributed by atoms with Crippen LogP contribution in [-0.4, -0.2) is 4.57 Å². The summed E-state index contributed by atoms with van der Waals surface area (Å²) in [5, 5.41) is 12.7. The van der Waals surface area contributed by atoms with Crippen LogP contribution in [0.3, 0.4) is 0 Å². The van der Waals surface area contributed by atoms with Gasteiger partial charge in [0.2, 0.25) is 0 Å². The van der Waals surface area contributed by atoms with Crippen molar-refractivity contribution in [1.82, 2.24) is 4.57 Å². The molecule has 0 N–H and O–H groups in total. The molecule has 1 heterocycles. The van der Waals surface area contributed by atoms with Crippen LogP contribution in [0.15, 0.2) is 182 Å². The first-order valence-corrected chi connectivity index (χ1v) is 16.5.